The molecule has 0 amide bonds. The van der Waals surface area contributed by atoms with Crippen molar-refractivity contribution in [2.75, 3.05) is 20.2 Å². The molecule has 3 nitrogen and oxygen atoms in total. The third-order valence-corrected chi connectivity index (χ3v) is 2.24. The van der Waals surface area contributed by atoms with E-state index in [4.69, 9.17) is 4.74 Å². The van der Waals surface area contributed by atoms with Crippen molar-refractivity contribution in [3.8, 4) is 0 Å². The average molecular weight is 181 g/mol. The maximum atomic E-state index is 11.5. The molecule has 1 heterocycles. The smallest absolute Gasteiger partial charge is 0.317 e. The van der Waals surface area contributed by atoms with Gasteiger partial charge in [0, 0.05) is 13.1 Å². The first-order valence-electron chi connectivity index (χ1n) is 4.33. The van der Waals surface area contributed by atoms with Crippen molar-refractivity contribution in [1.29, 1.82) is 0 Å². The molecule has 0 radical (unpaired) electrons. The molecule has 0 spiro atoms. The summed E-state index contributed by atoms with van der Waals surface area (Å²) < 4.78 is 4.77. The first kappa shape index (κ1) is 9.99. The summed E-state index contributed by atoms with van der Waals surface area (Å²) in [5.41, 5.74) is -0.533. The minimum absolute atomic E-state index is 0.198. The van der Waals surface area contributed by atoms with Gasteiger partial charge in [-0.2, -0.15) is 0 Å². The number of rotatable bonds is 3. The molecule has 1 N–H and O–H groups in total. The van der Waals surface area contributed by atoms with Crippen LogP contribution in [0.1, 0.15) is 6.42 Å². The molecule has 0 aromatic carbocycles. The number of carbonyl (C=O) groups is 1. The van der Waals surface area contributed by atoms with E-state index in [9.17, 15) is 4.79 Å². The molecule has 0 unspecified atom stereocenters. The van der Waals surface area contributed by atoms with Gasteiger partial charge in [-0.25, -0.2) is 0 Å². The Morgan fingerprint density at radius 2 is 2.62 bits per heavy atom. The van der Waals surface area contributed by atoms with Gasteiger partial charge in [0.15, 0.2) is 0 Å². The summed E-state index contributed by atoms with van der Waals surface area (Å²) in [4.78, 5) is 11.5. The van der Waals surface area contributed by atoms with Gasteiger partial charge >= 0.3 is 5.97 Å². The van der Waals surface area contributed by atoms with E-state index >= 15 is 0 Å². The summed E-state index contributed by atoms with van der Waals surface area (Å²) in [5.74, 6) is -0.198. The van der Waals surface area contributed by atoms with Gasteiger partial charge in [0.2, 0.25) is 0 Å². The van der Waals surface area contributed by atoms with E-state index in [0.29, 0.717) is 13.0 Å². The summed E-state index contributed by atoms with van der Waals surface area (Å²) in [6.07, 6.45) is 6.22. The summed E-state index contributed by atoms with van der Waals surface area (Å²) in [5, 5.41) is 3.14. The van der Waals surface area contributed by atoms with Gasteiger partial charge in [-0.3, -0.25) is 4.79 Å². The van der Waals surface area contributed by atoms with E-state index in [2.05, 4.69) is 11.9 Å². The molecule has 0 aromatic heterocycles. The Morgan fingerprint density at radius 3 is 3.08 bits per heavy atom. The van der Waals surface area contributed by atoms with Crippen LogP contribution < -0.4 is 5.32 Å². The van der Waals surface area contributed by atoms with Crippen molar-refractivity contribution in [3.63, 3.8) is 0 Å². The van der Waals surface area contributed by atoms with E-state index in [0.717, 1.165) is 6.54 Å². The lowest BCUT2D eigenvalue weighted by atomic mass is 9.82. The normalized spacial score (nSPS) is 26.8. The molecular formula is C10H15NO2. The number of ether oxygens (including phenoxy) is 1. The number of methoxy groups -OCH3 is 1. The molecule has 0 saturated heterocycles. The standard InChI is InChI=1S/C10H15NO2/c1-3-5-10(9(12)13-2)6-4-7-11-8-10/h3-4,6,11H,1,5,7-8H2,2H3/t10-/m0/s1. The molecule has 0 bridgehead atoms. The highest BCUT2D eigenvalue weighted by Crippen LogP contribution is 2.27. The van der Waals surface area contributed by atoms with Gasteiger partial charge < -0.3 is 10.1 Å². The number of nitrogens with one attached hydrogen (secondary N) is 1. The van der Waals surface area contributed by atoms with Crippen molar-refractivity contribution in [1.82, 2.24) is 5.32 Å². The van der Waals surface area contributed by atoms with Gasteiger partial charge in [-0.15, -0.1) is 6.58 Å². The Hall–Kier alpha value is -1.09. The summed E-state index contributed by atoms with van der Waals surface area (Å²) in [7, 11) is 1.41. The van der Waals surface area contributed by atoms with E-state index in [1.807, 2.05) is 12.2 Å². The lowest BCUT2D eigenvalue weighted by Gasteiger charge is -2.29. The average Bonchev–Trinajstić information content (AvgIpc) is 2.18. The second kappa shape index (κ2) is 4.23. The Balaban J connectivity index is 2.84. The lowest BCUT2D eigenvalue weighted by Crippen LogP contribution is -2.42. The summed E-state index contributed by atoms with van der Waals surface area (Å²) >= 11 is 0. The third-order valence-electron chi connectivity index (χ3n) is 2.24. The Kier molecular flexibility index (Phi) is 3.25. The minimum Gasteiger partial charge on any atom is -0.468 e. The first-order chi connectivity index (χ1) is 6.25. The number of carbonyl (C=O) groups excluding carboxylic acids is 1. The van der Waals surface area contributed by atoms with Crippen LogP contribution in [0.5, 0.6) is 0 Å². The van der Waals surface area contributed by atoms with Gasteiger partial charge in [0.05, 0.1) is 7.11 Å². The second-order valence-corrected chi connectivity index (χ2v) is 3.17. The van der Waals surface area contributed by atoms with Gasteiger partial charge in [0.1, 0.15) is 5.41 Å². The largest absolute Gasteiger partial charge is 0.468 e. The SMILES string of the molecule is C=CC[C@]1(C(=O)OC)C=CCNC1. The molecule has 1 aliphatic rings. The molecule has 1 atom stereocenters. The monoisotopic (exact) mass is 181 g/mol. The number of allylic oxidation sites excluding steroid dienone is 1. The summed E-state index contributed by atoms with van der Waals surface area (Å²) in [6, 6.07) is 0. The fourth-order valence-corrected chi connectivity index (χ4v) is 1.55. The highest BCUT2D eigenvalue weighted by Gasteiger charge is 2.36. The molecule has 0 aromatic rings. The number of esters is 1. The van der Waals surface area contributed by atoms with Crippen molar-refractivity contribution >= 4 is 5.97 Å². The van der Waals surface area contributed by atoms with Gasteiger partial charge in [-0.1, -0.05) is 18.2 Å². The van der Waals surface area contributed by atoms with Crippen molar-refractivity contribution in [2.45, 2.75) is 6.42 Å². The van der Waals surface area contributed by atoms with E-state index < -0.39 is 5.41 Å². The predicted octanol–water partition coefficient (Wildman–Crippen LogP) is 0.881. The highest BCUT2D eigenvalue weighted by atomic mass is 16.5. The fourth-order valence-electron chi connectivity index (χ4n) is 1.55. The lowest BCUT2D eigenvalue weighted by molar-refractivity contribution is -0.149. The molecular weight excluding hydrogens is 166 g/mol. The zero-order chi connectivity index (χ0) is 9.73. The molecule has 1 aliphatic heterocycles. The summed E-state index contributed by atoms with van der Waals surface area (Å²) in [6.45, 7) is 5.09. The van der Waals surface area contributed by atoms with Crippen LogP contribution in [0.2, 0.25) is 0 Å². The quantitative estimate of drug-likeness (QED) is 0.519. The van der Waals surface area contributed by atoms with Crippen LogP contribution in [0.3, 0.4) is 0 Å². The fraction of sp³-hybridized carbons (Fsp3) is 0.500. The van der Waals surface area contributed by atoms with E-state index in [1.54, 1.807) is 6.08 Å². The van der Waals surface area contributed by atoms with Crippen LogP contribution in [-0.2, 0) is 9.53 Å². The van der Waals surface area contributed by atoms with Crippen LogP contribution in [-0.4, -0.2) is 26.2 Å². The number of hydrogen-bond donors (Lipinski definition) is 1. The van der Waals surface area contributed by atoms with Crippen LogP contribution >= 0.6 is 0 Å². The van der Waals surface area contributed by atoms with Crippen LogP contribution in [0.25, 0.3) is 0 Å². The van der Waals surface area contributed by atoms with Gasteiger partial charge in [0.25, 0.3) is 0 Å². The molecule has 0 saturated carbocycles. The maximum absolute atomic E-state index is 11.5. The molecule has 0 fully saturated rings. The Morgan fingerprint density at radius 1 is 1.85 bits per heavy atom. The van der Waals surface area contributed by atoms with Crippen LogP contribution in [0, 0.1) is 5.41 Å². The molecule has 0 aliphatic carbocycles. The number of hydrogen-bond acceptors (Lipinski definition) is 3. The molecule has 13 heavy (non-hydrogen) atoms. The molecule has 1 rings (SSSR count). The maximum Gasteiger partial charge on any atom is 0.317 e. The minimum atomic E-state index is -0.533. The zero-order valence-electron chi connectivity index (χ0n) is 7.88. The topological polar surface area (TPSA) is 38.3 Å². The van der Waals surface area contributed by atoms with Gasteiger partial charge in [-0.05, 0) is 6.42 Å². The molecule has 72 valence electrons. The van der Waals surface area contributed by atoms with Crippen molar-refractivity contribution < 1.29 is 9.53 Å². The third kappa shape index (κ3) is 1.98. The first-order valence-corrected chi connectivity index (χ1v) is 4.33. The van der Waals surface area contributed by atoms with Crippen molar-refractivity contribution in [2.24, 2.45) is 5.41 Å². The predicted molar refractivity (Wildman–Crippen MR) is 51.3 cm³/mol. The molecule has 3 heteroatoms. The van der Waals surface area contributed by atoms with E-state index in [-0.39, 0.29) is 5.97 Å². The zero-order valence-corrected chi connectivity index (χ0v) is 7.88. The Labute approximate surface area is 78.5 Å². The second-order valence-electron chi connectivity index (χ2n) is 3.17. The van der Waals surface area contributed by atoms with Crippen LogP contribution in [0.15, 0.2) is 24.8 Å². The van der Waals surface area contributed by atoms with Crippen LogP contribution in [0.4, 0.5) is 0 Å². The van der Waals surface area contributed by atoms with Crippen molar-refractivity contribution in [3.05, 3.63) is 24.8 Å². The highest BCUT2D eigenvalue weighted by molar-refractivity contribution is 5.79. The Bertz CT molecular complexity index is 235. The van der Waals surface area contributed by atoms with E-state index in [1.165, 1.54) is 7.11 Å².